The van der Waals surface area contributed by atoms with Crippen LogP contribution in [0.3, 0.4) is 0 Å². The SMILES string of the molecule is [Hg].[Hg].[Hg].[Hg].[Hg].[Hg].[Hg].[Hg].[Hg].[Hg].[Hg].[Hg].[Hg].[Hg].[Hg].[Hg].[Hg].[Hg].[Hg].[Hg].[Hg].[Hg].[Hg].[Hg].[Hg].[Hg].[Hg].[Hg].[Hg].[Hg].[Hg].[Hg].[Hg].[Hg].[Hg].[Hg].[Hg].[Hg].[Hg].[Hg].[NaH].[NaH].[NaH].[NaH].[NaH].[NaH].[NaH].[NaH].[NaH].[NaH].[NaH].[NaH].[NaH].[NaH].[NaH]. The van der Waals surface area contributed by atoms with Crippen LogP contribution in [-0.4, -0.2) is 443 Å². The van der Waals surface area contributed by atoms with Gasteiger partial charge in [0.2, 0.25) is 0 Å². The molecule has 0 saturated heterocycles. The van der Waals surface area contributed by atoms with Gasteiger partial charge in [-0.05, 0) is 0 Å². The van der Waals surface area contributed by atoms with Gasteiger partial charge in [0.15, 0.2) is 0 Å². The van der Waals surface area contributed by atoms with Gasteiger partial charge in [-0.1, -0.05) is 0 Å². The Kier molecular flexibility index (Phi) is 3470. The van der Waals surface area contributed by atoms with E-state index in [2.05, 4.69) is 0 Å². The fraction of sp³-hybridized carbons (Fsp3) is 0. The van der Waals surface area contributed by atoms with Crippen molar-refractivity contribution in [2.24, 2.45) is 0 Å². The molecule has 0 aromatic carbocycles. The van der Waals surface area contributed by atoms with Crippen molar-refractivity contribution >= 4 is 443 Å². The van der Waals surface area contributed by atoms with Gasteiger partial charge in [-0.15, -0.1) is 0 Å². The van der Waals surface area contributed by atoms with Crippen molar-refractivity contribution in [2.75, 3.05) is 0 Å². The third-order valence-corrected chi connectivity index (χ3v) is 0. The molecular weight excluding hydrogens is 8370 g/mol. The molecule has 0 aromatic rings. The van der Waals surface area contributed by atoms with E-state index in [9.17, 15) is 0 Å². The summed E-state index contributed by atoms with van der Waals surface area (Å²) in [5, 5.41) is 0. The van der Waals surface area contributed by atoms with E-state index < -0.39 is 0 Å². The first-order valence-corrected chi connectivity index (χ1v) is 0. The van der Waals surface area contributed by atoms with Gasteiger partial charge < -0.3 is 0 Å². The molecule has 55 heteroatoms. The second-order valence-electron chi connectivity index (χ2n) is 0. The average molecular weight is 8380 g/mol. The Morgan fingerprint density at radius 2 is 0.0364 bits per heavy atom. The fourth-order valence-electron chi connectivity index (χ4n) is 0. The zero-order valence-corrected chi connectivity index (χ0v) is 248. The molecule has 110 valence electrons. The maximum absolute atomic E-state index is 0. The van der Waals surface area contributed by atoms with E-state index in [-0.39, 0.29) is 1550 Å². The zero-order valence-electron chi connectivity index (χ0n) is 28.3. The van der Waals surface area contributed by atoms with Crippen LogP contribution in [0.5, 0.6) is 0 Å². The third kappa shape index (κ3) is 422. The van der Waals surface area contributed by atoms with Gasteiger partial charge in [-0.2, -0.15) is 0 Å². The minimum atomic E-state index is 0. The molecule has 0 aliphatic carbocycles. The molecule has 0 atom stereocenters. The first-order valence-electron chi connectivity index (χ1n) is 0. The summed E-state index contributed by atoms with van der Waals surface area (Å²) in [6.45, 7) is 0. The van der Waals surface area contributed by atoms with E-state index in [1.54, 1.807) is 0 Å². The van der Waals surface area contributed by atoms with Crippen molar-refractivity contribution < 1.29 is 1110 Å². The summed E-state index contributed by atoms with van der Waals surface area (Å²) in [4.78, 5) is 0. The molecule has 0 nitrogen and oxygen atoms in total. The van der Waals surface area contributed by atoms with Crippen molar-refractivity contribution in [3.63, 3.8) is 0 Å². The van der Waals surface area contributed by atoms with Crippen molar-refractivity contribution in [1.29, 1.82) is 0 Å². The van der Waals surface area contributed by atoms with Crippen molar-refractivity contribution in [1.82, 2.24) is 0 Å². The summed E-state index contributed by atoms with van der Waals surface area (Å²) >= 11 is 0. The predicted molar refractivity (Wildman–Crippen MR) is 107 cm³/mol. The monoisotopic (exact) mass is 8440 g/mol. The number of hydrogen-bond donors (Lipinski definition) is 0. The molecule has 0 heterocycles. The van der Waals surface area contributed by atoms with E-state index in [4.69, 9.17) is 0 Å². The first-order chi connectivity index (χ1) is 0. The van der Waals surface area contributed by atoms with Gasteiger partial charge >= 0.3 is 443 Å². The van der Waals surface area contributed by atoms with E-state index in [1.165, 1.54) is 0 Å². The van der Waals surface area contributed by atoms with Crippen LogP contribution < -0.4 is 0 Å². The van der Waals surface area contributed by atoms with Gasteiger partial charge in [0, 0.05) is 1110 Å². The third-order valence-electron chi connectivity index (χ3n) is 0. The molecule has 0 N–H and O–H groups in total. The normalized spacial score (nSPS) is 0. The molecule has 0 rings (SSSR count). The number of rotatable bonds is 0. The molecule has 0 aliphatic heterocycles. The minimum absolute atomic E-state index is 0. The molecule has 0 unspecified atom stereocenters. The Hall–Kier alpha value is 52.4. The Morgan fingerprint density at radius 1 is 0.0364 bits per heavy atom. The summed E-state index contributed by atoms with van der Waals surface area (Å²) in [6.07, 6.45) is 0. The summed E-state index contributed by atoms with van der Waals surface area (Å²) in [6, 6.07) is 0. The molecule has 0 radical (unpaired) electrons. The molecule has 0 aliphatic rings. The van der Waals surface area contributed by atoms with Gasteiger partial charge in [-0.3, -0.25) is 0 Å². The zero-order chi connectivity index (χ0) is 0. The van der Waals surface area contributed by atoms with Gasteiger partial charge in [0.05, 0.1) is 0 Å². The van der Waals surface area contributed by atoms with Crippen LogP contribution in [0.25, 0.3) is 0 Å². The molecule has 0 spiro atoms. The molecular formula is H15Hg40Na15. The fourth-order valence-corrected chi connectivity index (χ4v) is 0. The van der Waals surface area contributed by atoms with Crippen LogP contribution in [0.1, 0.15) is 0 Å². The topological polar surface area (TPSA) is 0 Å². The quantitative estimate of drug-likeness (QED) is 0.212. The van der Waals surface area contributed by atoms with E-state index >= 15 is 0 Å². The molecule has 0 amide bonds. The van der Waals surface area contributed by atoms with Crippen LogP contribution in [0.15, 0.2) is 0 Å². The molecule has 0 aromatic heterocycles. The van der Waals surface area contributed by atoms with Gasteiger partial charge in [-0.25, -0.2) is 0 Å². The van der Waals surface area contributed by atoms with Crippen molar-refractivity contribution in [2.45, 2.75) is 0 Å². The summed E-state index contributed by atoms with van der Waals surface area (Å²) < 4.78 is 0. The molecule has 0 fully saturated rings. The second-order valence-corrected chi connectivity index (χ2v) is 0. The molecule has 0 saturated carbocycles. The van der Waals surface area contributed by atoms with Crippen LogP contribution >= 0.6 is 0 Å². The van der Waals surface area contributed by atoms with E-state index in [0.717, 1.165) is 0 Å². The molecule has 0 bridgehead atoms. The van der Waals surface area contributed by atoms with Gasteiger partial charge in [0.1, 0.15) is 0 Å². The Morgan fingerprint density at radius 3 is 0.0364 bits per heavy atom. The second kappa shape index (κ2) is 430. The van der Waals surface area contributed by atoms with E-state index in [0.29, 0.717) is 0 Å². The van der Waals surface area contributed by atoms with Crippen LogP contribution in [0.4, 0.5) is 0 Å². The standard InChI is InChI=1S/40Hg.15Na.15H. The van der Waals surface area contributed by atoms with Crippen LogP contribution in [0, 0.1) is 0 Å². The first kappa shape index (κ1) is 443. The van der Waals surface area contributed by atoms with Crippen molar-refractivity contribution in [3.05, 3.63) is 0 Å². The Balaban J connectivity index is 0. The predicted octanol–water partition coefficient (Wildman–Crippen LogP) is -9.83. The molecule has 55 heavy (non-hydrogen) atoms. The maximum atomic E-state index is 0. The Labute approximate surface area is 1490 Å². The van der Waals surface area contributed by atoms with E-state index in [1.807, 2.05) is 0 Å². The summed E-state index contributed by atoms with van der Waals surface area (Å²) in [7, 11) is 0. The average Bonchev–Trinajstić information content (AvgIpc) is 0. The van der Waals surface area contributed by atoms with Crippen LogP contribution in [0.2, 0.25) is 0 Å². The Bertz CT molecular complexity index is 46.5. The summed E-state index contributed by atoms with van der Waals surface area (Å²) in [5.41, 5.74) is 0. The number of hydrogen-bond acceptors (Lipinski definition) is 0. The van der Waals surface area contributed by atoms with Gasteiger partial charge in [0.25, 0.3) is 0 Å². The van der Waals surface area contributed by atoms with Crippen LogP contribution in [-0.2, 0) is 1110 Å². The van der Waals surface area contributed by atoms with Crippen molar-refractivity contribution in [3.8, 4) is 0 Å². The summed E-state index contributed by atoms with van der Waals surface area (Å²) in [5.74, 6) is 0.